The number of aromatic nitrogens is 2. The Morgan fingerprint density at radius 1 is 1.19 bits per heavy atom. The zero-order valence-corrected chi connectivity index (χ0v) is 12.7. The lowest BCUT2D eigenvalue weighted by Gasteiger charge is -2.09. The third-order valence-electron chi connectivity index (χ3n) is 2.89. The smallest absolute Gasteiger partial charge is 0.320 e. The summed E-state index contributed by atoms with van der Waals surface area (Å²) in [6.07, 6.45) is 1.18. The summed E-state index contributed by atoms with van der Waals surface area (Å²) in [7, 11) is 2.75. The second-order valence-corrected chi connectivity index (χ2v) is 5.14. The van der Waals surface area contributed by atoms with Crippen LogP contribution in [-0.2, 0) is 14.1 Å². The second-order valence-electron chi connectivity index (χ2n) is 4.36. The highest BCUT2D eigenvalue weighted by Gasteiger charge is 2.16. The lowest BCUT2D eigenvalue weighted by atomic mass is 10.2. The van der Waals surface area contributed by atoms with Crippen LogP contribution in [0.15, 0.2) is 34.0 Å². The van der Waals surface area contributed by atoms with Gasteiger partial charge in [-0.2, -0.15) is 0 Å². The minimum atomic E-state index is -0.686. The van der Waals surface area contributed by atoms with E-state index < -0.39 is 17.2 Å². The van der Waals surface area contributed by atoms with Gasteiger partial charge in [-0.15, -0.1) is 0 Å². The molecule has 0 aliphatic rings. The molecule has 8 heteroatoms. The minimum Gasteiger partial charge on any atom is -0.320 e. The Labute approximate surface area is 129 Å². The first-order valence-electron chi connectivity index (χ1n) is 5.85. The molecule has 0 bridgehead atoms. The SMILES string of the molecule is Cn1cc(C(=O)Nc2cccc(Cl)c2Cl)c(=O)n(C)c1=O. The van der Waals surface area contributed by atoms with Gasteiger partial charge in [-0.3, -0.25) is 14.2 Å². The second kappa shape index (κ2) is 5.75. The van der Waals surface area contributed by atoms with E-state index in [9.17, 15) is 14.4 Å². The molecule has 1 aromatic carbocycles. The number of nitrogens with one attached hydrogen (secondary N) is 1. The van der Waals surface area contributed by atoms with Gasteiger partial charge in [-0.25, -0.2) is 4.79 Å². The Bertz CT molecular complexity index is 840. The van der Waals surface area contributed by atoms with Crippen LogP contribution in [0.25, 0.3) is 0 Å². The van der Waals surface area contributed by atoms with Crippen LogP contribution >= 0.6 is 23.2 Å². The van der Waals surface area contributed by atoms with Gasteiger partial charge in [0.2, 0.25) is 0 Å². The predicted molar refractivity (Wildman–Crippen MR) is 81.3 cm³/mol. The van der Waals surface area contributed by atoms with Gasteiger partial charge < -0.3 is 9.88 Å². The van der Waals surface area contributed by atoms with Crippen molar-refractivity contribution in [1.29, 1.82) is 0 Å². The van der Waals surface area contributed by atoms with E-state index in [0.29, 0.717) is 0 Å². The van der Waals surface area contributed by atoms with Crippen molar-refractivity contribution >= 4 is 34.8 Å². The number of aryl methyl sites for hydroxylation is 1. The van der Waals surface area contributed by atoms with Crippen molar-refractivity contribution in [3.05, 3.63) is 60.8 Å². The standard InChI is InChI=1S/C13H11Cl2N3O3/c1-17-6-7(12(20)18(2)13(17)21)11(19)16-9-5-3-4-8(14)10(9)15/h3-6H,1-2H3,(H,16,19). The first-order valence-corrected chi connectivity index (χ1v) is 6.60. The number of benzene rings is 1. The van der Waals surface area contributed by atoms with Crippen LogP contribution in [0.1, 0.15) is 10.4 Å². The van der Waals surface area contributed by atoms with Gasteiger partial charge >= 0.3 is 5.69 Å². The summed E-state index contributed by atoms with van der Waals surface area (Å²) in [5.74, 6) is -0.671. The maximum atomic E-state index is 12.2. The number of rotatable bonds is 2. The molecule has 0 fully saturated rings. The van der Waals surface area contributed by atoms with Gasteiger partial charge in [0.05, 0.1) is 15.7 Å². The minimum absolute atomic E-state index is 0.171. The van der Waals surface area contributed by atoms with Crippen LogP contribution in [0.4, 0.5) is 5.69 Å². The Morgan fingerprint density at radius 2 is 1.86 bits per heavy atom. The molecular weight excluding hydrogens is 317 g/mol. The summed E-state index contributed by atoms with van der Waals surface area (Å²) < 4.78 is 2.00. The van der Waals surface area contributed by atoms with E-state index in [1.165, 1.54) is 20.3 Å². The number of nitrogens with zero attached hydrogens (tertiary/aromatic N) is 2. The maximum absolute atomic E-state index is 12.2. The highest BCUT2D eigenvalue weighted by molar-refractivity contribution is 6.44. The monoisotopic (exact) mass is 327 g/mol. The fourth-order valence-electron chi connectivity index (χ4n) is 1.75. The number of amides is 1. The van der Waals surface area contributed by atoms with Gasteiger partial charge in [-0.1, -0.05) is 29.3 Å². The van der Waals surface area contributed by atoms with E-state index in [2.05, 4.69) is 5.32 Å². The van der Waals surface area contributed by atoms with Gasteiger partial charge in [-0.05, 0) is 12.1 Å². The van der Waals surface area contributed by atoms with Crippen molar-refractivity contribution < 1.29 is 4.79 Å². The van der Waals surface area contributed by atoms with Crippen LogP contribution in [0.5, 0.6) is 0 Å². The molecule has 110 valence electrons. The van der Waals surface area contributed by atoms with Crippen molar-refractivity contribution in [2.75, 3.05) is 5.32 Å². The lowest BCUT2D eigenvalue weighted by Crippen LogP contribution is -2.40. The molecule has 0 saturated heterocycles. The van der Waals surface area contributed by atoms with E-state index in [0.717, 1.165) is 9.13 Å². The molecule has 1 amide bonds. The van der Waals surface area contributed by atoms with Crippen molar-refractivity contribution in [2.45, 2.75) is 0 Å². The van der Waals surface area contributed by atoms with Gasteiger partial charge in [0.25, 0.3) is 11.5 Å². The Hall–Kier alpha value is -2.05. The lowest BCUT2D eigenvalue weighted by molar-refractivity contribution is 0.102. The number of carbonyl (C=O) groups is 1. The largest absolute Gasteiger partial charge is 0.330 e. The quantitative estimate of drug-likeness (QED) is 0.911. The number of halogens is 2. The summed E-state index contributed by atoms with van der Waals surface area (Å²) in [5, 5.41) is 2.95. The molecule has 0 radical (unpaired) electrons. The van der Waals surface area contributed by atoms with Crippen LogP contribution in [-0.4, -0.2) is 15.0 Å². The summed E-state index contributed by atoms with van der Waals surface area (Å²) in [6.45, 7) is 0. The molecule has 1 N–H and O–H groups in total. The van der Waals surface area contributed by atoms with Gasteiger partial charge in [0.1, 0.15) is 5.56 Å². The molecule has 6 nitrogen and oxygen atoms in total. The molecule has 0 spiro atoms. The molecule has 0 aliphatic carbocycles. The predicted octanol–water partition coefficient (Wildman–Crippen LogP) is 1.64. The van der Waals surface area contributed by atoms with Crippen LogP contribution in [0, 0.1) is 0 Å². The van der Waals surface area contributed by atoms with E-state index >= 15 is 0 Å². The van der Waals surface area contributed by atoms with Crippen LogP contribution < -0.4 is 16.6 Å². The Kier molecular flexibility index (Phi) is 4.20. The fourth-order valence-corrected chi connectivity index (χ4v) is 2.10. The van der Waals surface area contributed by atoms with Crippen molar-refractivity contribution in [3.8, 4) is 0 Å². The number of anilines is 1. The highest BCUT2D eigenvalue weighted by atomic mass is 35.5. The van der Waals surface area contributed by atoms with Crippen molar-refractivity contribution in [2.24, 2.45) is 14.1 Å². The van der Waals surface area contributed by atoms with E-state index in [-0.39, 0.29) is 21.3 Å². The topological polar surface area (TPSA) is 73.1 Å². The molecule has 2 rings (SSSR count). The molecule has 0 atom stereocenters. The molecule has 21 heavy (non-hydrogen) atoms. The van der Waals surface area contributed by atoms with Crippen LogP contribution in [0.2, 0.25) is 10.0 Å². The molecule has 2 aromatic rings. The molecule has 0 aliphatic heterocycles. The summed E-state index contributed by atoms with van der Waals surface area (Å²) in [4.78, 5) is 35.7. The zero-order valence-electron chi connectivity index (χ0n) is 11.2. The summed E-state index contributed by atoms with van der Waals surface area (Å²) in [6, 6.07) is 4.74. The van der Waals surface area contributed by atoms with Gasteiger partial charge in [0.15, 0.2) is 0 Å². The highest BCUT2D eigenvalue weighted by Crippen LogP contribution is 2.29. The number of hydrogen-bond acceptors (Lipinski definition) is 3. The normalized spacial score (nSPS) is 10.5. The van der Waals surface area contributed by atoms with Crippen LogP contribution in [0.3, 0.4) is 0 Å². The third kappa shape index (κ3) is 2.86. The molecular formula is C13H11Cl2N3O3. The molecule has 0 saturated carbocycles. The Balaban J connectivity index is 2.45. The first-order chi connectivity index (χ1) is 9.82. The van der Waals surface area contributed by atoms with E-state index in [1.54, 1.807) is 18.2 Å². The first kappa shape index (κ1) is 15.3. The summed E-state index contributed by atoms with van der Waals surface area (Å²) >= 11 is 11.8. The fraction of sp³-hybridized carbons (Fsp3) is 0.154. The third-order valence-corrected chi connectivity index (χ3v) is 3.71. The van der Waals surface area contributed by atoms with E-state index in [4.69, 9.17) is 23.2 Å². The molecule has 0 unspecified atom stereocenters. The maximum Gasteiger partial charge on any atom is 0.330 e. The summed E-state index contributed by atoms with van der Waals surface area (Å²) in [5.41, 5.74) is -1.09. The average Bonchev–Trinajstić information content (AvgIpc) is 2.45. The van der Waals surface area contributed by atoms with E-state index in [1.807, 2.05) is 0 Å². The van der Waals surface area contributed by atoms with Crippen molar-refractivity contribution in [3.63, 3.8) is 0 Å². The van der Waals surface area contributed by atoms with Gasteiger partial charge in [0, 0.05) is 20.3 Å². The Morgan fingerprint density at radius 3 is 2.52 bits per heavy atom. The number of carbonyl (C=O) groups excluding carboxylic acids is 1. The number of hydrogen-bond donors (Lipinski definition) is 1. The van der Waals surface area contributed by atoms with Crippen molar-refractivity contribution in [1.82, 2.24) is 9.13 Å². The molecule has 1 aromatic heterocycles. The molecule has 1 heterocycles. The average molecular weight is 328 g/mol. The zero-order chi connectivity index (χ0) is 15.7.